The molecule has 7 heteroatoms. The summed E-state index contributed by atoms with van der Waals surface area (Å²) >= 11 is 0. The van der Waals surface area contributed by atoms with Crippen LogP contribution >= 0.6 is 0 Å². The number of carbonyl (C=O) groups is 2. The third-order valence-corrected chi connectivity index (χ3v) is 3.43. The van der Waals surface area contributed by atoms with E-state index in [1.807, 2.05) is 6.07 Å². The van der Waals surface area contributed by atoms with Crippen LogP contribution in [0.3, 0.4) is 0 Å². The number of benzene rings is 2. The number of non-ortho nitro benzene ring substituents is 1. The zero-order valence-electron chi connectivity index (χ0n) is 13.2. The average molecular weight is 340 g/mol. The number of nitro groups is 1. The van der Waals surface area contributed by atoms with Crippen LogP contribution in [0.25, 0.3) is 6.08 Å². The maximum absolute atomic E-state index is 11.9. The van der Waals surface area contributed by atoms with Crippen molar-refractivity contribution in [3.8, 4) is 0 Å². The molecule has 1 amide bonds. The number of nitro benzene ring substituents is 1. The van der Waals surface area contributed by atoms with Gasteiger partial charge in [0.25, 0.3) is 5.69 Å². The molecule has 1 unspecified atom stereocenters. The lowest BCUT2D eigenvalue weighted by Crippen LogP contribution is -2.41. The minimum atomic E-state index is -1.12. The Hall–Kier alpha value is -3.48. The van der Waals surface area contributed by atoms with Crippen molar-refractivity contribution in [3.63, 3.8) is 0 Å². The van der Waals surface area contributed by atoms with Gasteiger partial charge >= 0.3 is 5.97 Å². The van der Waals surface area contributed by atoms with Crippen LogP contribution in [-0.2, 0) is 16.0 Å². The number of rotatable bonds is 7. The average Bonchev–Trinajstić information content (AvgIpc) is 2.60. The van der Waals surface area contributed by atoms with E-state index in [1.165, 1.54) is 36.4 Å². The summed E-state index contributed by atoms with van der Waals surface area (Å²) in [5, 5.41) is 22.3. The molecule has 7 nitrogen and oxygen atoms in total. The molecule has 0 saturated carbocycles. The smallest absolute Gasteiger partial charge is 0.326 e. The zero-order valence-corrected chi connectivity index (χ0v) is 13.2. The second-order valence-corrected chi connectivity index (χ2v) is 5.27. The number of hydrogen-bond acceptors (Lipinski definition) is 4. The van der Waals surface area contributed by atoms with E-state index in [1.54, 1.807) is 24.3 Å². The number of aliphatic carboxylic acids is 1. The van der Waals surface area contributed by atoms with Gasteiger partial charge in [-0.25, -0.2) is 4.79 Å². The number of carboxylic acid groups (broad SMARTS) is 1. The second kappa shape index (κ2) is 8.39. The van der Waals surface area contributed by atoms with Crippen LogP contribution in [0, 0.1) is 10.1 Å². The number of carbonyl (C=O) groups excluding carboxylic acids is 1. The van der Waals surface area contributed by atoms with E-state index in [2.05, 4.69) is 5.32 Å². The van der Waals surface area contributed by atoms with Gasteiger partial charge in [-0.3, -0.25) is 14.9 Å². The molecule has 2 N–H and O–H groups in total. The van der Waals surface area contributed by atoms with Crippen LogP contribution in [0.2, 0.25) is 0 Å². The third kappa shape index (κ3) is 5.58. The van der Waals surface area contributed by atoms with Crippen molar-refractivity contribution in [2.75, 3.05) is 0 Å². The minimum absolute atomic E-state index is 0.0459. The topological polar surface area (TPSA) is 110 Å². The lowest BCUT2D eigenvalue weighted by Gasteiger charge is -2.13. The normalized spacial score (nSPS) is 11.8. The summed E-state index contributed by atoms with van der Waals surface area (Å²) < 4.78 is 0. The van der Waals surface area contributed by atoms with Crippen molar-refractivity contribution >= 4 is 23.6 Å². The predicted octanol–water partition coefficient (Wildman–Crippen LogP) is 2.42. The van der Waals surface area contributed by atoms with Crippen molar-refractivity contribution in [2.45, 2.75) is 12.5 Å². The van der Waals surface area contributed by atoms with Crippen molar-refractivity contribution in [1.82, 2.24) is 5.32 Å². The van der Waals surface area contributed by atoms with Gasteiger partial charge in [0.1, 0.15) is 6.04 Å². The number of hydrogen-bond donors (Lipinski definition) is 2. The van der Waals surface area contributed by atoms with E-state index in [9.17, 15) is 24.8 Å². The summed E-state index contributed by atoms with van der Waals surface area (Å²) in [6, 6.07) is 13.6. The SMILES string of the molecule is O=C(/C=C/c1ccc([N+](=O)[O-])cc1)NC(Cc1ccccc1)C(=O)O. The van der Waals surface area contributed by atoms with Gasteiger partial charge in [0.05, 0.1) is 4.92 Å². The van der Waals surface area contributed by atoms with E-state index in [-0.39, 0.29) is 12.1 Å². The van der Waals surface area contributed by atoms with Gasteiger partial charge in [-0.15, -0.1) is 0 Å². The first-order valence-corrected chi connectivity index (χ1v) is 7.45. The largest absolute Gasteiger partial charge is 0.480 e. The van der Waals surface area contributed by atoms with Crippen molar-refractivity contribution in [2.24, 2.45) is 0 Å². The molecule has 128 valence electrons. The van der Waals surface area contributed by atoms with Crippen LogP contribution in [0.4, 0.5) is 5.69 Å². The molecule has 2 aromatic rings. The van der Waals surface area contributed by atoms with Crippen LogP contribution in [0.15, 0.2) is 60.7 Å². The minimum Gasteiger partial charge on any atom is -0.480 e. The van der Waals surface area contributed by atoms with Gasteiger partial charge in [-0.05, 0) is 29.3 Å². The molecular weight excluding hydrogens is 324 g/mol. The maximum Gasteiger partial charge on any atom is 0.326 e. The molecule has 0 heterocycles. The van der Waals surface area contributed by atoms with Crippen LogP contribution in [0.5, 0.6) is 0 Å². The highest BCUT2D eigenvalue weighted by atomic mass is 16.6. The van der Waals surface area contributed by atoms with Gasteiger partial charge in [0.2, 0.25) is 5.91 Å². The van der Waals surface area contributed by atoms with Gasteiger partial charge in [0, 0.05) is 24.6 Å². The fourth-order valence-corrected chi connectivity index (χ4v) is 2.15. The summed E-state index contributed by atoms with van der Waals surface area (Å²) in [5.41, 5.74) is 1.35. The molecule has 1 atom stereocenters. The lowest BCUT2D eigenvalue weighted by molar-refractivity contribution is -0.384. The molecule has 0 radical (unpaired) electrons. The van der Waals surface area contributed by atoms with Gasteiger partial charge in [-0.1, -0.05) is 30.3 Å². The fraction of sp³-hybridized carbons (Fsp3) is 0.111. The molecule has 0 aliphatic rings. The number of nitrogens with one attached hydrogen (secondary N) is 1. The highest BCUT2D eigenvalue weighted by molar-refractivity contribution is 5.94. The van der Waals surface area contributed by atoms with Crippen molar-refractivity contribution in [1.29, 1.82) is 0 Å². The Morgan fingerprint density at radius 3 is 2.32 bits per heavy atom. The Kier molecular flexibility index (Phi) is 6.00. The molecule has 0 spiro atoms. The molecule has 0 aliphatic carbocycles. The maximum atomic E-state index is 11.9. The standard InChI is InChI=1S/C18H16N2O5/c21-17(11-8-13-6-9-15(10-7-13)20(24)25)19-16(18(22)23)12-14-4-2-1-3-5-14/h1-11,16H,12H2,(H,19,21)(H,22,23)/b11-8+. The summed E-state index contributed by atoms with van der Waals surface area (Å²) in [7, 11) is 0. The molecule has 2 aromatic carbocycles. The molecule has 0 saturated heterocycles. The highest BCUT2D eigenvalue weighted by Crippen LogP contribution is 2.12. The number of amides is 1. The predicted molar refractivity (Wildman–Crippen MR) is 91.8 cm³/mol. The fourth-order valence-electron chi connectivity index (χ4n) is 2.15. The van der Waals surface area contributed by atoms with Gasteiger partial charge in [0.15, 0.2) is 0 Å². The third-order valence-electron chi connectivity index (χ3n) is 3.43. The first-order chi connectivity index (χ1) is 12.0. The van der Waals surface area contributed by atoms with Crippen LogP contribution in [0.1, 0.15) is 11.1 Å². The molecule has 0 fully saturated rings. The molecule has 2 rings (SSSR count). The van der Waals surface area contributed by atoms with Gasteiger partial charge < -0.3 is 10.4 Å². The van der Waals surface area contributed by atoms with E-state index in [0.29, 0.717) is 5.56 Å². The Labute approximate surface area is 143 Å². The van der Waals surface area contributed by atoms with E-state index in [0.717, 1.165) is 5.56 Å². The first kappa shape index (κ1) is 17.9. The monoisotopic (exact) mass is 340 g/mol. The lowest BCUT2D eigenvalue weighted by atomic mass is 10.1. The molecular formula is C18H16N2O5. The quantitative estimate of drug-likeness (QED) is 0.457. The first-order valence-electron chi connectivity index (χ1n) is 7.45. The Bertz CT molecular complexity index is 785. The summed E-state index contributed by atoms with van der Waals surface area (Å²) in [6.45, 7) is 0. The Balaban J connectivity index is 1.98. The number of nitrogens with zero attached hydrogens (tertiary/aromatic N) is 1. The summed E-state index contributed by atoms with van der Waals surface area (Å²) in [6.07, 6.45) is 2.83. The Morgan fingerprint density at radius 2 is 1.76 bits per heavy atom. The van der Waals surface area contributed by atoms with Crippen molar-refractivity contribution < 1.29 is 19.6 Å². The zero-order chi connectivity index (χ0) is 18.2. The number of carboxylic acids is 1. The van der Waals surface area contributed by atoms with E-state index >= 15 is 0 Å². The summed E-state index contributed by atoms with van der Waals surface area (Å²) in [5.74, 6) is -1.68. The van der Waals surface area contributed by atoms with Crippen LogP contribution in [-0.4, -0.2) is 27.9 Å². The van der Waals surface area contributed by atoms with Crippen LogP contribution < -0.4 is 5.32 Å². The Morgan fingerprint density at radius 1 is 1.12 bits per heavy atom. The molecule has 0 bridgehead atoms. The van der Waals surface area contributed by atoms with E-state index < -0.39 is 22.8 Å². The highest BCUT2D eigenvalue weighted by Gasteiger charge is 2.19. The molecule has 25 heavy (non-hydrogen) atoms. The molecule has 0 aromatic heterocycles. The second-order valence-electron chi connectivity index (χ2n) is 5.27. The summed E-state index contributed by atoms with van der Waals surface area (Å²) in [4.78, 5) is 33.3. The van der Waals surface area contributed by atoms with E-state index in [4.69, 9.17) is 0 Å². The van der Waals surface area contributed by atoms with Gasteiger partial charge in [-0.2, -0.15) is 0 Å². The van der Waals surface area contributed by atoms with Crippen molar-refractivity contribution in [3.05, 3.63) is 81.9 Å². The molecule has 0 aliphatic heterocycles.